The van der Waals surface area contributed by atoms with Crippen LogP contribution >= 0.6 is 11.6 Å². The third kappa shape index (κ3) is 5.66. The summed E-state index contributed by atoms with van der Waals surface area (Å²) >= 11 is 5.86. The van der Waals surface area contributed by atoms with Crippen LogP contribution in [0, 0.1) is 0 Å². The number of aliphatic hydroxyl groups excluding tert-OH is 1. The summed E-state index contributed by atoms with van der Waals surface area (Å²) in [5, 5.41) is 11.2. The van der Waals surface area contributed by atoms with E-state index in [0.717, 1.165) is 0 Å². The lowest BCUT2D eigenvalue weighted by Gasteiger charge is -2.11. The molecule has 1 aromatic carbocycles. The van der Waals surface area contributed by atoms with Gasteiger partial charge in [0.05, 0.1) is 11.1 Å². The van der Waals surface area contributed by atoms with Crippen LogP contribution in [0.3, 0.4) is 0 Å². The lowest BCUT2D eigenvalue weighted by atomic mass is 10.1. The summed E-state index contributed by atoms with van der Waals surface area (Å²) < 4.78 is 40.6. The minimum Gasteiger partial charge on any atom is -0.482 e. The molecule has 1 rings (SSSR count). The maximum Gasteiger partial charge on any atom is 0.405 e. The molecule has 0 saturated carbocycles. The Balaban J connectivity index is 2.51. The largest absolute Gasteiger partial charge is 0.482 e. The molecule has 2 N–H and O–H groups in total. The molecule has 0 fully saturated rings. The van der Waals surface area contributed by atoms with Gasteiger partial charge >= 0.3 is 6.18 Å². The van der Waals surface area contributed by atoms with E-state index in [-0.39, 0.29) is 10.8 Å². The van der Waals surface area contributed by atoms with Crippen molar-refractivity contribution in [3.8, 4) is 5.75 Å². The van der Waals surface area contributed by atoms with Crippen molar-refractivity contribution in [3.63, 3.8) is 0 Å². The van der Waals surface area contributed by atoms with Crippen LogP contribution in [-0.4, -0.2) is 30.3 Å². The van der Waals surface area contributed by atoms with Crippen LogP contribution in [-0.2, 0) is 4.79 Å². The van der Waals surface area contributed by atoms with E-state index in [0.29, 0.717) is 5.56 Å². The number of hydrogen-bond acceptors (Lipinski definition) is 3. The predicted octanol–water partition coefficient (Wildman–Crippen LogP) is 2.45. The smallest absolute Gasteiger partial charge is 0.405 e. The molecule has 0 heterocycles. The fourth-order valence-electron chi connectivity index (χ4n) is 1.29. The first kappa shape index (κ1) is 16.6. The minimum atomic E-state index is -4.47. The zero-order chi connectivity index (χ0) is 15.3. The number of halogens is 4. The number of benzene rings is 1. The van der Waals surface area contributed by atoms with Crippen LogP contribution in [0.2, 0.25) is 5.02 Å². The molecule has 4 nitrogen and oxygen atoms in total. The molecule has 0 aliphatic heterocycles. The Kier molecular flexibility index (Phi) is 5.64. The zero-order valence-electron chi connectivity index (χ0n) is 10.5. The maximum atomic E-state index is 11.9. The number of aliphatic hydroxyl groups is 1. The van der Waals surface area contributed by atoms with Gasteiger partial charge in [-0.15, -0.1) is 0 Å². The summed E-state index contributed by atoms with van der Waals surface area (Å²) in [4.78, 5) is 11.1. The highest BCUT2D eigenvalue weighted by molar-refractivity contribution is 6.32. The van der Waals surface area contributed by atoms with Crippen molar-refractivity contribution < 1.29 is 27.8 Å². The molecular weight excluding hydrogens is 299 g/mol. The molecule has 0 aliphatic carbocycles. The molecule has 8 heteroatoms. The highest BCUT2D eigenvalue weighted by Crippen LogP contribution is 2.27. The van der Waals surface area contributed by atoms with E-state index in [1.165, 1.54) is 12.1 Å². The first-order valence-corrected chi connectivity index (χ1v) is 6.00. The van der Waals surface area contributed by atoms with Crippen molar-refractivity contribution in [3.05, 3.63) is 28.8 Å². The Morgan fingerprint density at radius 2 is 2.15 bits per heavy atom. The first-order chi connectivity index (χ1) is 9.19. The average Bonchev–Trinajstić information content (AvgIpc) is 2.33. The molecule has 1 unspecified atom stereocenters. The molecule has 20 heavy (non-hydrogen) atoms. The van der Waals surface area contributed by atoms with Crippen molar-refractivity contribution in [2.45, 2.75) is 19.2 Å². The average molecular weight is 312 g/mol. The molecule has 0 aromatic heterocycles. The van der Waals surface area contributed by atoms with Crippen molar-refractivity contribution in [2.24, 2.45) is 0 Å². The molecule has 0 radical (unpaired) electrons. The second-order valence-electron chi connectivity index (χ2n) is 4.05. The van der Waals surface area contributed by atoms with Gasteiger partial charge in [-0.25, -0.2) is 0 Å². The van der Waals surface area contributed by atoms with E-state index < -0.39 is 31.3 Å². The molecule has 0 bridgehead atoms. The van der Waals surface area contributed by atoms with Crippen molar-refractivity contribution in [1.29, 1.82) is 0 Å². The summed E-state index contributed by atoms with van der Waals surface area (Å²) in [5.41, 5.74) is 0.559. The zero-order valence-corrected chi connectivity index (χ0v) is 11.3. The predicted molar refractivity (Wildman–Crippen MR) is 66.6 cm³/mol. The normalized spacial score (nSPS) is 12.9. The Hall–Kier alpha value is -1.47. The van der Waals surface area contributed by atoms with Crippen LogP contribution < -0.4 is 10.1 Å². The van der Waals surface area contributed by atoms with Gasteiger partial charge in [-0.2, -0.15) is 13.2 Å². The van der Waals surface area contributed by atoms with Crippen LogP contribution in [0.15, 0.2) is 18.2 Å². The second kappa shape index (κ2) is 6.81. The lowest BCUT2D eigenvalue weighted by molar-refractivity contribution is -0.139. The Morgan fingerprint density at radius 1 is 1.50 bits per heavy atom. The van der Waals surface area contributed by atoms with Crippen molar-refractivity contribution in [2.75, 3.05) is 13.2 Å². The number of carbonyl (C=O) groups is 1. The number of nitrogens with one attached hydrogen (secondary N) is 1. The van der Waals surface area contributed by atoms with E-state index in [1.807, 2.05) is 0 Å². The monoisotopic (exact) mass is 311 g/mol. The Labute approximate surface area is 118 Å². The third-order valence-electron chi connectivity index (χ3n) is 2.28. The van der Waals surface area contributed by atoms with E-state index in [2.05, 4.69) is 0 Å². The fourth-order valence-corrected chi connectivity index (χ4v) is 1.53. The standard InChI is InChI=1S/C12H13ClF3NO3/c1-7(18)8-2-3-10(9(13)4-8)20-5-11(19)17-6-12(14,15)16/h2-4,7,18H,5-6H2,1H3,(H,17,19). The second-order valence-corrected chi connectivity index (χ2v) is 4.45. The van der Waals surface area contributed by atoms with Gasteiger partial charge in [-0.3, -0.25) is 4.79 Å². The van der Waals surface area contributed by atoms with E-state index in [1.54, 1.807) is 18.3 Å². The molecule has 1 aromatic rings. The highest BCUT2D eigenvalue weighted by Gasteiger charge is 2.27. The molecule has 0 saturated heterocycles. The summed E-state index contributed by atoms with van der Waals surface area (Å²) in [6.45, 7) is -0.440. The number of ether oxygens (including phenoxy) is 1. The van der Waals surface area contributed by atoms with E-state index in [4.69, 9.17) is 16.3 Å². The van der Waals surface area contributed by atoms with Gasteiger partial charge < -0.3 is 15.2 Å². The van der Waals surface area contributed by atoms with E-state index >= 15 is 0 Å². The summed E-state index contributed by atoms with van der Waals surface area (Å²) in [7, 11) is 0. The first-order valence-electron chi connectivity index (χ1n) is 5.63. The number of alkyl halides is 3. The lowest BCUT2D eigenvalue weighted by Crippen LogP contribution is -2.36. The van der Waals surface area contributed by atoms with Crippen molar-refractivity contribution in [1.82, 2.24) is 5.32 Å². The molecule has 112 valence electrons. The van der Waals surface area contributed by atoms with Crippen molar-refractivity contribution >= 4 is 17.5 Å². The minimum absolute atomic E-state index is 0.151. The van der Waals surface area contributed by atoms with Gasteiger partial charge in [0, 0.05) is 0 Å². The Morgan fingerprint density at radius 3 is 2.65 bits per heavy atom. The topological polar surface area (TPSA) is 58.6 Å². The van der Waals surface area contributed by atoms with Gasteiger partial charge in [0.1, 0.15) is 12.3 Å². The number of hydrogen-bond donors (Lipinski definition) is 2. The summed E-state index contributed by atoms with van der Waals surface area (Å²) in [5.74, 6) is -0.754. The van der Waals surface area contributed by atoms with Crippen LogP contribution in [0.5, 0.6) is 5.75 Å². The molecule has 1 amide bonds. The van der Waals surface area contributed by atoms with E-state index in [9.17, 15) is 23.1 Å². The summed E-state index contributed by atoms with van der Waals surface area (Å²) in [6, 6.07) is 4.43. The quantitative estimate of drug-likeness (QED) is 0.878. The van der Waals surface area contributed by atoms with Gasteiger partial charge in [-0.1, -0.05) is 17.7 Å². The van der Waals surface area contributed by atoms with Gasteiger partial charge in [0.15, 0.2) is 6.61 Å². The molecular formula is C12H13ClF3NO3. The van der Waals surface area contributed by atoms with Gasteiger partial charge in [0.25, 0.3) is 5.91 Å². The third-order valence-corrected chi connectivity index (χ3v) is 2.58. The Bertz CT molecular complexity index is 478. The summed E-state index contributed by atoms with van der Waals surface area (Å²) in [6.07, 6.45) is -5.18. The molecule has 1 atom stereocenters. The highest BCUT2D eigenvalue weighted by atomic mass is 35.5. The molecule has 0 spiro atoms. The van der Waals surface area contributed by atoms with Crippen LogP contribution in [0.1, 0.15) is 18.6 Å². The fraction of sp³-hybridized carbons (Fsp3) is 0.417. The maximum absolute atomic E-state index is 11.9. The van der Waals surface area contributed by atoms with Crippen LogP contribution in [0.4, 0.5) is 13.2 Å². The molecule has 0 aliphatic rings. The number of rotatable bonds is 5. The van der Waals surface area contributed by atoms with Gasteiger partial charge in [-0.05, 0) is 24.6 Å². The van der Waals surface area contributed by atoms with Gasteiger partial charge in [0.2, 0.25) is 0 Å². The van der Waals surface area contributed by atoms with Crippen LogP contribution in [0.25, 0.3) is 0 Å². The number of carbonyl (C=O) groups excluding carboxylic acids is 1. The SMILES string of the molecule is CC(O)c1ccc(OCC(=O)NCC(F)(F)F)c(Cl)c1. The number of amides is 1.